The Labute approximate surface area is 112 Å². The summed E-state index contributed by atoms with van der Waals surface area (Å²) in [6.45, 7) is 8.35. The standard InChI is InChI=1S/C13H20N4S/c1-4-5-17-9-14-8-12(17)13-16-7-11(18-13)6-15-10(2)3/h7-10,15H,4-6H2,1-3H3. The first-order chi connectivity index (χ1) is 8.70. The molecule has 2 aromatic rings. The Morgan fingerprint density at radius 2 is 2.22 bits per heavy atom. The van der Waals surface area contributed by atoms with Crippen molar-refractivity contribution in [2.75, 3.05) is 0 Å². The van der Waals surface area contributed by atoms with Crippen LogP contribution in [0.25, 0.3) is 10.7 Å². The van der Waals surface area contributed by atoms with E-state index in [1.54, 1.807) is 11.3 Å². The Hall–Kier alpha value is -1.20. The van der Waals surface area contributed by atoms with Gasteiger partial charge in [-0.25, -0.2) is 9.97 Å². The summed E-state index contributed by atoms with van der Waals surface area (Å²) in [5, 5.41) is 4.47. The summed E-state index contributed by atoms with van der Waals surface area (Å²) in [7, 11) is 0. The van der Waals surface area contributed by atoms with Crippen LogP contribution in [0.3, 0.4) is 0 Å². The monoisotopic (exact) mass is 264 g/mol. The summed E-state index contributed by atoms with van der Waals surface area (Å²) in [5.41, 5.74) is 1.12. The molecule has 1 N–H and O–H groups in total. The molecule has 98 valence electrons. The molecule has 5 heteroatoms. The van der Waals surface area contributed by atoms with Gasteiger partial charge in [0.1, 0.15) is 5.01 Å². The van der Waals surface area contributed by atoms with Gasteiger partial charge in [0, 0.05) is 30.2 Å². The zero-order valence-corrected chi connectivity index (χ0v) is 12.0. The van der Waals surface area contributed by atoms with Crippen LogP contribution in [-0.2, 0) is 13.1 Å². The van der Waals surface area contributed by atoms with Crippen LogP contribution >= 0.6 is 11.3 Å². The van der Waals surface area contributed by atoms with Crippen LogP contribution in [0.2, 0.25) is 0 Å². The van der Waals surface area contributed by atoms with Gasteiger partial charge in [-0.3, -0.25) is 0 Å². The van der Waals surface area contributed by atoms with Gasteiger partial charge in [-0.05, 0) is 6.42 Å². The Morgan fingerprint density at radius 3 is 2.94 bits per heavy atom. The Kier molecular flexibility index (Phi) is 4.49. The maximum absolute atomic E-state index is 4.50. The molecule has 0 bridgehead atoms. The van der Waals surface area contributed by atoms with Crippen molar-refractivity contribution in [3.05, 3.63) is 23.6 Å². The molecule has 0 amide bonds. The molecule has 18 heavy (non-hydrogen) atoms. The number of rotatable bonds is 6. The molecule has 4 nitrogen and oxygen atoms in total. The molecule has 0 aliphatic rings. The molecule has 0 unspecified atom stereocenters. The van der Waals surface area contributed by atoms with Gasteiger partial charge in [0.05, 0.1) is 18.2 Å². The third-order valence-electron chi connectivity index (χ3n) is 2.63. The Balaban J connectivity index is 2.11. The largest absolute Gasteiger partial charge is 0.329 e. The smallest absolute Gasteiger partial charge is 0.141 e. The fraction of sp³-hybridized carbons (Fsp3) is 0.538. The van der Waals surface area contributed by atoms with Crippen molar-refractivity contribution in [3.63, 3.8) is 0 Å². The topological polar surface area (TPSA) is 42.7 Å². The second-order valence-corrected chi connectivity index (χ2v) is 5.75. The molecule has 0 aliphatic carbocycles. The first kappa shape index (κ1) is 13.2. The third-order valence-corrected chi connectivity index (χ3v) is 3.65. The summed E-state index contributed by atoms with van der Waals surface area (Å²) < 4.78 is 2.17. The molecule has 0 aliphatic heterocycles. The fourth-order valence-electron chi connectivity index (χ4n) is 1.73. The number of nitrogens with zero attached hydrogens (tertiary/aromatic N) is 3. The molecule has 0 aromatic carbocycles. The van der Waals surface area contributed by atoms with Gasteiger partial charge in [0.2, 0.25) is 0 Å². The number of aryl methyl sites for hydroxylation is 1. The van der Waals surface area contributed by atoms with E-state index in [0.717, 1.165) is 30.2 Å². The van der Waals surface area contributed by atoms with Crippen LogP contribution in [0.5, 0.6) is 0 Å². The third kappa shape index (κ3) is 3.17. The van der Waals surface area contributed by atoms with Gasteiger partial charge in [0.15, 0.2) is 0 Å². The molecule has 0 saturated heterocycles. The minimum atomic E-state index is 0.501. The van der Waals surface area contributed by atoms with Gasteiger partial charge >= 0.3 is 0 Å². The lowest BCUT2D eigenvalue weighted by atomic mass is 10.4. The molecular weight excluding hydrogens is 244 g/mol. The predicted molar refractivity (Wildman–Crippen MR) is 75.6 cm³/mol. The molecule has 0 spiro atoms. The minimum Gasteiger partial charge on any atom is -0.329 e. The zero-order valence-electron chi connectivity index (χ0n) is 11.2. The maximum Gasteiger partial charge on any atom is 0.141 e. The summed E-state index contributed by atoms with van der Waals surface area (Å²) in [6, 6.07) is 0.501. The lowest BCUT2D eigenvalue weighted by Gasteiger charge is -2.05. The van der Waals surface area contributed by atoms with Crippen molar-refractivity contribution in [1.29, 1.82) is 0 Å². The average Bonchev–Trinajstić information content (AvgIpc) is 2.94. The van der Waals surface area contributed by atoms with E-state index in [1.165, 1.54) is 4.88 Å². The Bertz CT molecular complexity index is 487. The second-order valence-electron chi connectivity index (χ2n) is 4.64. The summed E-state index contributed by atoms with van der Waals surface area (Å²) in [6.07, 6.45) is 6.84. The highest BCUT2D eigenvalue weighted by molar-refractivity contribution is 7.15. The van der Waals surface area contributed by atoms with Gasteiger partial charge in [-0.1, -0.05) is 20.8 Å². The van der Waals surface area contributed by atoms with Crippen molar-refractivity contribution in [2.24, 2.45) is 0 Å². The summed E-state index contributed by atoms with van der Waals surface area (Å²) in [4.78, 5) is 9.98. The van der Waals surface area contributed by atoms with Crippen LogP contribution < -0.4 is 5.32 Å². The van der Waals surface area contributed by atoms with Crippen LogP contribution in [0, 0.1) is 0 Å². The highest BCUT2D eigenvalue weighted by atomic mass is 32.1. The second kappa shape index (κ2) is 6.11. The summed E-state index contributed by atoms with van der Waals surface area (Å²) in [5.74, 6) is 0. The van der Waals surface area contributed by atoms with Crippen molar-refractivity contribution >= 4 is 11.3 Å². The molecule has 2 aromatic heterocycles. The maximum atomic E-state index is 4.50. The number of thiazole rings is 1. The lowest BCUT2D eigenvalue weighted by molar-refractivity contribution is 0.593. The molecule has 0 atom stereocenters. The SMILES string of the molecule is CCCn1cncc1-c1ncc(CNC(C)C)s1. The first-order valence-electron chi connectivity index (χ1n) is 6.39. The number of hydrogen-bond acceptors (Lipinski definition) is 4. The Morgan fingerprint density at radius 1 is 1.39 bits per heavy atom. The van der Waals surface area contributed by atoms with Crippen molar-refractivity contribution in [1.82, 2.24) is 19.9 Å². The van der Waals surface area contributed by atoms with E-state index in [4.69, 9.17) is 0 Å². The van der Waals surface area contributed by atoms with E-state index in [-0.39, 0.29) is 0 Å². The summed E-state index contributed by atoms with van der Waals surface area (Å²) >= 11 is 1.74. The molecule has 0 fully saturated rings. The van der Waals surface area contributed by atoms with Crippen LogP contribution in [0.4, 0.5) is 0 Å². The first-order valence-corrected chi connectivity index (χ1v) is 7.21. The van der Waals surface area contributed by atoms with Gasteiger partial charge < -0.3 is 9.88 Å². The van der Waals surface area contributed by atoms with E-state index in [2.05, 4.69) is 40.6 Å². The van der Waals surface area contributed by atoms with E-state index >= 15 is 0 Å². The van der Waals surface area contributed by atoms with Crippen LogP contribution in [0.15, 0.2) is 18.7 Å². The van der Waals surface area contributed by atoms with Crippen molar-refractivity contribution < 1.29 is 0 Å². The van der Waals surface area contributed by atoms with E-state index in [9.17, 15) is 0 Å². The highest BCUT2D eigenvalue weighted by Gasteiger charge is 2.09. The molecular formula is C13H20N4S. The van der Waals surface area contributed by atoms with Gasteiger partial charge in [-0.15, -0.1) is 11.3 Å². The minimum absolute atomic E-state index is 0.501. The lowest BCUT2D eigenvalue weighted by Crippen LogP contribution is -2.21. The van der Waals surface area contributed by atoms with Crippen molar-refractivity contribution in [2.45, 2.75) is 46.3 Å². The average molecular weight is 264 g/mol. The molecule has 0 radical (unpaired) electrons. The number of hydrogen-bond donors (Lipinski definition) is 1. The number of imidazole rings is 1. The van der Waals surface area contributed by atoms with E-state index in [0.29, 0.717) is 6.04 Å². The zero-order chi connectivity index (χ0) is 13.0. The number of aromatic nitrogens is 3. The fourth-order valence-corrected chi connectivity index (χ4v) is 2.62. The van der Waals surface area contributed by atoms with E-state index < -0.39 is 0 Å². The highest BCUT2D eigenvalue weighted by Crippen LogP contribution is 2.25. The van der Waals surface area contributed by atoms with Crippen molar-refractivity contribution in [3.8, 4) is 10.7 Å². The van der Waals surface area contributed by atoms with Gasteiger partial charge in [-0.2, -0.15) is 0 Å². The molecule has 2 heterocycles. The van der Waals surface area contributed by atoms with Crippen LogP contribution in [0.1, 0.15) is 32.1 Å². The molecule has 0 saturated carbocycles. The molecule has 2 rings (SSSR count). The normalized spacial score (nSPS) is 11.3. The number of nitrogens with one attached hydrogen (secondary N) is 1. The van der Waals surface area contributed by atoms with Gasteiger partial charge in [0.25, 0.3) is 0 Å². The van der Waals surface area contributed by atoms with Crippen LogP contribution in [-0.4, -0.2) is 20.6 Å². The quantitative estimate of drug-likeness (QED) is 0.872. The van der Waals surface area contributed by atoms with E-state index in [1.807, 2.05) is 18.7 Å². The predicted octanol–water partition coefficient (Wildman–Crippen LogP) is 2.91.